The van der Waals surface area contributed by atoms with Gasteiger partial charge in [-0.25, -0.2) is 0 Å². The van der Waals surface area contributed by atoms with E-state index in [2.05, 4.69) is 31.3 Å². The van der Waals surface area contributed by atoms with Gasteiger partial charge < -0.3 is 89.9 Å². The first-order chi connectivity index (χ1) is 57.8. The molecule has 0 aromatic carbocycles. The predicted octanol–water partition coefficient (Wildman–Crippen LogP) is 21.1. The zero-order chi connectivity index (χ0) is 85.2. The second-order valence-electron chi connectivity index (χ2n) is 36.3. The summed E-state index contributed by atoms with van der Waals surface area (Å²) in [6.07, 6.45) is 75.2. The second kappa shape index (κ2) is 78.7. The zero-order valence-corrected chi connectivity index (χ0v) is 75.9. The van der Waals surface area contributed by atoms with Gasteiger partial charge in [0.05, 0.1) is 38.6 Å². The average molecular weight is 1680 g/mol. The largest absolute Gasteiger partial charge is 0.394 e. The van der Waals surface area contributed by atoms with E-state index in [0.717, 1.165) is 44.9 Å². The number of carbonyl (C=O) groups excluding carboxylic acids is 1. The fraction of sp³-hybridized carbons (Fsp3) is 0.949. The molecule has 0 saturated carbocycles. The number of hydrogen-bond acceptors (Lipinski definition) is 18. The molecule has 3 heterocycles. The molecule has 0 aliphatic carbocycles. The number of aliphatic hydroxyl groups is 11. The molecular weight excluding hydrogens is 1490 g/mol. The number of amides is 1. The SMILES string of the molecule is CCCCCCCCCC/C=C\CCCCCCCCCCCCCCCCCCCCCCCCCCCCCCCC(=O)NC(COC1OC(CO)C(OC2OC(CO)C(OC3OC(CO)C(O)C(O)C3O)C(O)C2O)C(O)C1O)C(O)/C=C/CCCCCCCCCCCCCCCCCCCCCCCCCCCCCCCC. The summed E-state index contributed by atoms with van der Waals surface area (Å²) in [4.78, 5) is 13.6. The monoisotopic (exact) mass is 1680 g/mol. The Bertz CT molecular complexity index is 2210. The molecule has 0 aromatic rings. The molecule has 19 heteroatoms. The van der Waals surface area contributed by atoms with Crippen molar-refractivity contribution in [3.05, 3.63) is 24.3 Å². The van der Waals surface area contributed by atoms with Gasteiger partial charge in [0.1, 0.15) is 73.2 Å². The molecule has 1 amide bonds. The maximum Gasteiger partial charge on any atom is 0.220 e. The maximum absolute atomic E-state index is 13.6. The number of ether oxygens (including phenoxy) is 6. The van der Waals surface area contributed by atoms with Crippen LogP contribution >= 0.6 is 0 Å². The van der Waals surface area contributed by atoms with E-state index in [4.69, 9.17) is 28.4 Å². The Labute approximate surface area is 721 Å². The molecule has 698 valence electrons. The van der Waals surface area contributed by atoms with Crippen molar-refractivity contribution < 1.29 is 89.4 Å². The lowest BCUT2D eigenvalue weighted by Crippen LogP contribution is -2.66. The van der Waals surface area contributed by atoms with Crippen molar-refractivity contribution in [3.63, 3.8) is 0 Å². The summed E-state index contributed by atoms with van der Waals surface area (Å²) in [7, 11) is 0. The minimum Gasteiger partial charge on any atom is -0.394 e. The van der Waals surface area contributed by atoms with E-state index in [9.17, 15) is 61.0 Å². The Morgan fingerprint density at radius 3 is 0.822 bits per heavy atom. The van der Waals surface area contributed by atoms with Crippen molar-refractivity contribution in [2.45, 2.75) is 574 Å². The number of unbranched alkanes of at least 4 members (excludes halogenated alkanes) is 67. The summed E-state index contributed by atoms with van der Waals surface area (Å²) in [5, 5.41) is 121. The van der Waals surface area contributed by atoms with E-state index in [1.54, 1.807) is 6.08 Å². The van der Waals surface area contributed by atoms with Crippen LogP contribution in [-0.2, 0) is 33.2 Å². The lowest BCUT2D eigenvalue weighted by Gasteiger charge is -2.48. The average Bonchev–Trinajstić information content (AvgIpc) is 0.777. The summed E-state index contributed by atoms with van der Waals surface area (Å²) in [5.74, 6) is -0.264. The summed E-state index contributed by atoms with van der Waals surface area (Å²) < 4.78 is 34.6. The Balaban J connectivity index is 1.27. The van der Waals surface area contributed by atoms with Gasteiger partial charge in [-0.2, -0.15) is 0 Å². The third-order valence-electron chi connectivity index (χ3n) is 25.5. The van der Waals surface area contributed by atoms with Gasteiger partial charge in [0.2, 0.25) is 5.91 Å². The van der Waals surface area contributed by atoms with Crippen molar-refractivity contribution in [2.24, 2.45) is 0 Å². The van der Waals surface area contributed by atoms with Crippen LogP contribution in [0.1, 0.15) is 470 Å². The first-order valence-electron chi connectivity index (χ1n) is 50.6. The fourth-order valence-corrected chi connectivity index (χ4v) is 17.5. The normalized spacial score (nSPS) is 24.3. The third-order valence-corrected chi connectivity index (χ3v) is 25.5. The maximum atomic E-state index is 13.6. The topological polar surface area (TPSA) is 307 Å². The van der Waals surface area contributed by atoms with Gasteiger partial charge in [0, 0.05) is 6.42 Å². The van der Waals surface area contributed by atoms with Crippen molar-refractivity contribution in [1.29, 1.82) is 0 Å². The molecule has 0 bridgehead atoms. The molecule has 3 aliphatic heterocycles. The van der Waals surface area contributed by atoms with Gasteiger partial charge >= 0.3 is 0 Å². The predicted molar refractivity (Wildman–Crippen MR) is 480 cm³/mol. The summed E-state index contributed by atoms with van der Waals surface area (Å²) >= 11 is 0. The van der Waals surface area contributed by atoms with Crippen LogP contribution in [0.3, 0.4) is 0 Å². The van der Waals surface area contributed by atoms with E-state index in [0.29, 0.717) is 6.42 Å². The highest BCUT2D eigenvalue weighted by Gasteiger charge is 2.54. The van der Waals surface area contributed by atoms with Crippen molar-refractivity contribution >= 4 is 5.91 Å². The standard InChI is InChI=1S/C99H189NO18/c1-3-5-7-9-11-13-15-17-19-21-23-25-27-29-31-33-35-37-38-39-40-41-42-43-44-45-47-49-51-53-55-57-59-61-63-65-67-69-71-73-75-77-87(105)100-82(83(104)76-74-72-70-68-66-64-62-60-58-56-54-52-50-48-46-36-34-32-30-28-26-24-22-20-18-16-14-12-10-8-6-4-2)81-113-97-93(111)90(108)95(85(79-102)115-97)118-99-94(112)91(109)96(86(80-103)116-99)117-98-92(110)89(107)88(106)84(78-101)114-98/h21,23,74,76,82-86,88-99,101-104,106-112H,3-20,22,24-73,75,77-81H2,1-2H3,(H,100,105)/b23-21-,76-74+. The summed E-state index contributed by atoms with van der Waals surface area (Å²) in [6.45, 7) is 1.83. The van der Waals surface area contributed by atoms with Crippen LogP contribution in [0.2, 0.25) is 0 Å². The second-order valence-corrected chi connectivity index (χ2v) is 36.3. The van der Waals surface area contributed by atoms with Crippen molar-refractivity contribution in [2.75, 3.05) is 26.4 Å². The van der Waals surface area contributed by atoms with Crippen LogP contribution in [-0.4, -0.2) is 193 Å². The molecule has 17 atom stereocenters. The number of allylic oxidation sites excluding steroid dienone is 3. The van der Waals surface area contributed by atoms with Crippen molar-refractivity contribution in [1.82, 2.24) is 5.32 Å². The van der Waals surface area contributed by atoms with E-state index in [-0.39, 0.29) is 18.9 Å². The first-order valence-corrected chi connectivity index (χ1v) is 50.6. The van der Waals surface area contributed by atoms with Gasteiger partial charge in [-0.15, -0.1) is 0 Å². The van der Waals surface area contributed by atoms with Crippen LogP contribution in [0.25, 0.3) is 0 Å². The molecule has 3 saturated heterocycles. The third kappa shape index (κ3) is 55.7. The van der Waals surface area contributed by atoms with Crippen LogP contribution in [0.5, 0.6) is 0 Å². The van der Waals surface area contributed by atoms with Gasteiger partial charge in [0.15, 0.2) is 18.9 Å². The molecule has 3 rings (SSSR count). The molecule has 0 aromatic heterocycles. The smallest absolute Gasteiger partial charge is 0.220 e. The van der Waals surface area contributed by atoms with E-state index >= 15 is 0 Å². The zero-order valence-electron chi connectivity index (χ0n) is 75.9. The Morgan fingerprint density at radius 1 is 0.297 bits per heavy atom. The lowest BCUT2D eigenvalue weighted by atomic mass is 9.96. The number of rotatable bonds is 85. The van der Waals surface area contributed by atoms with Gasteiger partial charge in [-0.3, -0.25) is 4.79 Å². The number of nitrogens with one attached hydrogen (secondary N) is 1. The van der Waals surface area contributed by atoms with Gasteiger partial charge in [-0.1, -0.05) is 443 Å². The molecule has 3 aliphatic rings. The van der Waals surface area contributed by atoms with E-state index in [1.807, 2.05) is 6.08 Å². The van der Waals surface area contributed by atoms with E-state index < -0.39 is 124 Å². The van der Waals surface area contributed by atoms with Gasteiger partial charge in [-0.05, 0) is 44.9 Å². The Hall–Kier alpha value is -1.73. The number of carbonyl (C=O) groups is 1. The highest BCUT2D eigenvalue weighted by atomic mass is 16.8. The minimum atomic E-state index is -1.98. The minimum absolute atomic E-state index is 0.250. The molecule has 3 fully saturated rings. The van der Waals surface area contributed by atoms with E-state index in [1.165, 1.54) is 398 Å². The molecule has 118 heavy (non-hydrogen) atoms. The van der Waals surface area contributed by atoms with Crippen LogP contribution in [0, 0.1) is 0 Å². The Kier molecular flexibility index (Phi) is 73.7. The highest BCUT2D eigenvalue weighted by Crippen LogP contribution is 2.34. The van der Waals surface area contributed by atoms with Gasteiger partial charge in [0.25, 0.3) is 0 Å². The lowest BCUT2D eigenvalue weighted by molar-refractivity contribution is -0.379. The molecular formula is C99H189NO18. The van der Waals surface area contributed by atoms with Crippen LogP contribution < -0.4 is 5.32 Å². The molecule has 19 nitrogen and oxygen atoms in total. The van der Waals surface area contributed by atoms with Crippen molar-refractivity contribution in [3.8, 4) is 0 Å². The van der Waals surface area contributed by atoms with Crippen LogP contribution in [0.4, 0.5) is 0 Å². The summed E-state index contributed by atoms with van der Waals surface area (Å²) in [5.41, 5.74) is 0. The molecule has 17 unspecified atom stereocenters. The van der Waals surface area contributed by atoms with Crippen LogP contribution in [0.15, 0.2) is 24.3 Å². The quantitative estimate of drug-likeness (QED) is 0.0199. The first kappa shape index (κ1) is 110. The molecule has 0 radical (unpaired) electrons. The number of aliphatic hydroxyl groups excluding tert-OH is 11. The molecule has 0 spiro atoms. The highest BCUT2D eigenvalue weighted by molar-refractivity contribution is 5.76. The number of hydrogen-bond donors (Lipinski definition) is 12. The Morgan fingerprint density at radius 2 is 0.534 bits per heavy atom. The summed E-state index contributed by atoms with van der Waals surface area (Å²) in [6, 6.07) is -0.973. The fourth-order valence-electron chi connectivity index (χ4n) is 17.5. The molecule has 12 N–H and O–H groups in total.